The number of carbonyl (C=O) groups is 1. The van der Waals surface area contributed by atoms with Crippen molar-refractivity contribution < 1.29 is 14.3 Å². The Balaban J connectivity index is 1.80. The number of carbonyl (C=O) groups excluding carboxylic acids is 1. The van der Waals surface area contributed by atoms with E-state index in [4.69, 9.17) is 9.47 Å². The minimum Gasteiger partial charge on any atom is -0.495 e. The lowest BCUT2D eigenvalue weighted by molar-refractivity contribution is 0.102. The average molecular weight is 384 g/mol. The predicted octanol–water partition coefficient (Wildman–Crippen LogP) is 5.17. The van der Waals surface area contributed by atoms with E-state index in [-0.39, 0.29) is 17.4 Å². The molecule has 0 aliphatic rings. The van der Waals surface area contributed by atoms with Crippen LogP contribution in [-0.2, 0) is 0 Å². The Kier molecular flexibility index (Phi) is 5.12. The van der Waals surface area contributed by atoms with E-state index in [0.717, 1.165) is 16.5 Å². The molecule has 29 heavy (non-hydrogen) atoms. The van der Waals surface area contributed by atoms with Crippen molar-refractivity contribution in [3.63, 3.8) is 0 Å². The third kappa shape index (κ3) is 3.50. The summed E-state index contributed by atoms with van der Waals surface area (Å²) < 4.78 is 11.0. The molecule has 5 heteroatoms. The molecular weight excluding hydrogens is 364 g/mol. The highest BCUT2D eigenvalue weighted by atomic mass is 16.5. The van der Waals surface area contributed by atoms with Gasteiger partial charge in [0.25, 0.3) is 5.91 Å². The van der Waals surface area contributed by atoms with Crippen LogP contribution in [0.5, 0.6) is 11.6 Å². The fraction of sp³-hybridized carbons (Fsp3) is 0.0833. The topological polar surface area (TPSA) is 60.5 Å². The molecule has 4 aromatic rings. The van der Waals surface area contributed by atoms with E-state index in [2.05, 4.69) is 10.3 Å². The third-order valence-electron chi connectivity index (χ3n) is 4.70. The maximum Gasteiger partial charge on any atom is 0.265 e. The van der Waals surface area contributed by atoms with Crippen LogP contribution >= 0.6 is 0 Å². The molecule has 0 atom stereocenters. The van der Waals surface area contributed by atoms with Crippen LogP contribution in [0.25, 0.3) is 22.0 Å². The standard InChI is InChI=1S/C24H20N2O3/c1-28-22-18-13-7-9-15-20(18)26-24(29-2)21(22)23(27)25-19-14-8-6-12-17(19)16-10-4-3-5-11-16/h3-15H,1-2H3,(H,25,27). The van der Waals surface area contributed by atoms with Gasteiger partial charge in [-0.1, -0.05) is 60.7 Å². The summed E-state index contributed by atoms with van der Waals surface area (Å²) in [5, 5.41) is 3.75. The van der Waals surface area contributed by atoms with E-state index in [9.17, 15) is 4.79 Å². The minimum absolute atomic E-state index is 0.218. The monoisotopic (exact) mass is 384 g/mol. The van der Waals surface area contributed by atoms with Crippen molar-refractivity contribution in [2.75, 3.05) is 19.5 Å². The number of amides is 1. The van der Waals surface area contributed by atoms with Crippen LogP contribution < -0.4 is 14.8 Å². The number of methoxy groups -OCH3 is 2. The van der Waals surface area contributed by atoms with Gasteiger partial charge in [-0.15, -0.1) is 0 Å². The fourth-order valence-corrected chi connectivity index (χ4v) is 3.37. The molecule has 5 nitrogen and oxygen atoms in total. The first-order valence-electron chi connectivity index (χ1n) is 9.19. The Morgan fingerprint density at radius 1 is 0.828 bits per heavy atom. The first-order chi connectivity index (χ1) is 14.2. The number of rotatable bonds is 5. The van der Waals surface area contributed by atoms with Crippen LogP contribution in [0, 0.1) is 0 Å². The van der Waals surface area contributed by atoms with E-state index in [1.807, 2.05) is 78.9 Å². The number of para-hydroxylation sites is 2. The smallest absolute Gasteiger partial charge is 0.265 e. The van der Waals surface area contributed by atoms with E-state index < -0.39 is 0 Å². The Hall–Kier alpha value is -3.86. The fourth-order valence-electron chi connectivity index (χ4n) is 3.37. The molecule has 3 aromatic carbocycles. The second-order valence-corrected chi connectivity index (χ2v) is 6.41. The first kappa shape index (κ1) is 18.5. The van der Waals surface area contributed by atoms with Crippen molar-refractivity contribution in [1.29, 1.82) is 0 Å². The normalized spacial score (nSPS) is 10.6. The lowest BCUT2D eigenvalue weighted by Crippen LogP contribution is -2.16. The minimum atomic E-state index is -0.347. The maximum absolute atomic E-state index is 13.3. The van der Waals surface area contributed by atoms with Gasteiger partial charge in [0.1, 0.15) is 11.3 Å². The molecule has 0 radical (unpaired) electrons. The van der Waals surface area contributed by atoms with Gasteiger partial charge in [-0.25, -0.2) is 4.98 Å². The molecule has 1 N–H and O–H groups in total. The van der Waals surface area contributed by atoms with Crippen LogP contribution in [0.1, 0.15) is 10.4 Å². The van der Waals surface area contributed by atoms with Crippen molar-refractivity contribution in [3.8, 4) is 22.8 Å². The number of anilines is 1. The molecule has 1 aromatic heterocycles. The van der Waals surface area contributed by atoms with Crippen LogP contribution in [0.4, 0.5) is 5.69 Å². The zero-order valence-electron chi connectivity index (χ0n) is 16.2. The van der Waals surface area contributed by atoms with Crippen LogP contribution in [-0.4, -0.2) is 25.1 Å². The van der Waals surface area contributed by atoms with Crippen molar-refractivity contribution in [2.24, 2.45) is 0 Å². The number of fused-ring (bicyclic) bond motifs is 1. The summed E-state index contributed by atoms with van der Waals surface area (Å²) >= 11 is 0. The summed E-state index contributed by atoms with van der Waals surface area (Å²) in [5.74, 6) is 0.303. The predicted molar refractivity (Wildman–Crippen MR) is 115 cm³/mol. The van der Waals surface area contributed by atoms with Gasteiger partial charge in [-0.3, -0.25) is 4.79 Å². The summed E-state index contributed by atoms with van der Waals surface area (Å²) in [4.78, 5) is 17.8. The maximum atomic E-state index is 13.3. The van der Waals surface area contributed by atoms with Crippen LogP contribution in [0.15, 0.2) is 78.9 Å². The van der Waals surface area contributed by atoms with Crippen LogP contribution in [0.3, 0.4) is 0 Å². The molecule has 0 spiro atoms. The molecular formula is C24H20N2O3. The first-order valence-corrected chi connectivity index (χ1v) is 9.19. The van der Waals surface area contributed by atoms with Crippen molar-refractivity contribution >= 4 is 22.5 Å². The van der Waals surface area contributed by atoms with Gasteiger partial charge in [0.15, 0.2) is 0 Å². The Morgan fingerprint density at radius 3 is 2.28 bits per heavy atom. The molecule has 1 amide bonds. The largest absolute Gasteiger partial charge is 0.495 e. The molecule has 4 rings (SSSR count). The van der Waals surface area contributed by atoms with Gasteiger partial charge in [0.05, 0.1) is 19.7 Å². The molecule has 0 saturated carbocycles. The second kappa shape index (κ2) is 8.02. The van der Waals surface area contributed by atoms with E-state index in [0.29, 0.717) is 17.0 Å². The highest BCUT2D eigenvalue weighted by molar-refractivity contribution is 6.12. The lowest BCUT2D eigenvalue weighted by Gasteiger charge is -2.16. The van der Waals surface area contributed by atoms with Gasteiger partial charge in [0.2, 0.25) is 5.88 Å². The lowest BCUT2D eigenvalue weighted by atomic mass is 10.0. The summed E-state index contributed by atoms with van der Waals surface area (Å²) in [6, 6.07) is 25.0. The SMILES string of the molecule is COc1nc2ccccc2c(OC)c1C(=O)Nc1ccccc1-c1ccccc1. The zero-order valence-corrected chi connectivity index (χ0v) is 16.2. The summed E-state index contributed by atoms with van der Waals surface area (Å²) in [7, 11) is 3.03. The summed E-state index contributed by atoms with van der Waals surface area (Å²) in [6.07, 6.45) is 0. The molecule has 0 aliphatic carbocycles. The number of hydrogen-bond acceptors (Lipinski definition) is 4. The molecule has 1 heterocycles. The Morgan fingerprint density at radius 2 is 1.52 bits per heavy atom. The van der Waals surface area contributed by atoms with E-state index >= 15 is 0 Å². The quantitative estimate of drug-likeness (QED) is 0.516. The van der Waals surface area contributed by atoms with Crippen molar-refractivity contribution in [1.82, 2.24) is 4.98 Å². The zero-order chi connectivity index (χ0) is 20.2. The second-order valence-electron chi connectivity index (χ2n) is 6.41. The highest BCUT2D eigenvalue weighted by Crippen LogP contribution is 2.36. The van der Waals surface area contributed by atoms with Crippen LogP contribution in [0.2, 0.25) is 0 Å². The number of ether oxygens (including phenoxy) is 2. The number of pyridine rings is 1. The van der Waals surface area contributed by atoms with Gasteiger partial charge < -0.3 is 14.8 Å². The van der Waals surface area contributed by atoms with Gasteiger partial charge >= 0.3 is 0 Å². The molecule has 0 aliphatic heterocycles. The van der Waals surface area contributed by atoms with Gasteiger partial charge in [-0.2, -0.15) is 0 Å². The van der Waals surface area contributed by atoms with E-state index in [1.165, 1.54) is 14.2 Å². The van der Waals surface area contributed by atoms with Crippen molar-refractivity contribution in [3.05, 3.63) is 84.4 Å². The summed E-state index contributed by atoms with van der Waals surface area (Å²) in [5.41, 5.74) is 3.59. The Labute approximate surface area is 168 Å². The van der Waals surface area contributed by atoms with Gasteiger partial charge in [0, 0.05) is 16.6 Å². The number of nitrogens with one attached hydrogen (secondary N) is 1. The average Bonchev–Trinajstić information content (AvgIpc) is 2.78. The molecule has 0 saturated heterocycles. The number of nitrogens with zero attached hydrogens (tertiary/aromatic N) is 1. The third-order valence-corrected chi connectivity index (χ3v) is 4.70. The van der Waals surface area contributed by atoms with E-state index in [1.54, 1.807) is 0 Å². The van der Waals surface area contributed by atoms with Gasteiger partial charge in [-0.05, 0) is 23.8 Å². The molecule has 0 bridgehead atoms. The molecule has 0 unspecified atom stereocenters. The summed E-state index contributed by atoms with van der Waals surface area (Å²) in [6.45, 7) is 0. The Bertz CT molecular complexity index is 1170. The number of benzene rings is 3. The number of hydrogen-bond donors (Lipinski definition) is 1. The molecule has 144 valence electrons. The van der Waals surface area contributed by atoms with Crippen molar-refractivity contribution in [2.45, 2.75) is 0 Å². The molecule has 0 fully saturated rings. The number of aromatic nitrogens is 1. The highest BCUT2D eigenvalue weighted by Gasteiger charge is 2.23.